The van der Waals surface area contributed by atoms with Gasteiger partial charge in [-0.15, -0.1) is 0 Å². The molecule has 0 saturated heterocycles. The first-order valence-corrected chi connectivity index (χ1v) is 12.2. The van der Waals surface area contributed by atoms with Crippen LogP contribution < -0.4 is 11.1 Å². The first kappa shape index (κ1) is 22.4. The lowest BCUT2D eigenvalue weighted by atomic mass is 9.88. The smallest absolute Gasteiger partial charge is 0.221 e. The van der Waals surface area contributed by atoms with E-state index in [2.05, 4.69) is 75.7 Å². The summed E-state index contributed by atoms with van der Waals surface area (Å²) in [5.41, 5.74) is 10.7. The van der Waals surface area contributed by atoms with Gasteiger partial charge in [-0.1, -0.05) is 54.6 Å². The van der Waals surface area contributed by atoms with Crippen LogP contribution in [0.4, 0.5) is 0 Å². The number of rotatable bonds is 7. The summed E-state index contributed by atoms with van der Waals surface area (Å²) in [6, 6.07) is 23.5. The lowest BCUT2D eigenvalue weighted by Gasteiger charge is -2.27. The van der Waals surface area contributed by atoms with Crippen molar-refractivity contribution in [3.8, 4) is 0 Å². The molecule has 174 valence electrons. The number of pyridine rings is 1. The van der Waals surface area contributed by atoms with Gasteiger partial charge in [0, 0.05) is 60.5 Å². The third-order valence-corrected chi connectivity index (χ3v) is 7.00. The van der Waals surface area contributed by atoms with Crippen molar-refractivity contribution < 1.29 is 4.79 Å². The zero-order chi connectivity index (χ0) is 23.3. The zero-order valence-corrected chi connectivity index (χ0v) is 19.4. The van der Waals surface area contributed by atoms with Crippen molar-refractivity contribution in [2.24, 2.45) is 5.73 Å². The molecular weight excluding hydrogens is 420 g/mol. The van der Waals surface area contributed by atoms with Crippen molar-refractivity contribution >= 4 is 16.8 Å². The lowest BCUT2D eigenvalue weighted by Crippen LogP contribution is -2.40. The van der Waals surface area contributed by atoms with Crippen molar-refractivity contribution in [3.05, 3.63) is 102 Å². The van der Waals surface area contributed by atoms with E-state index in [9.17, 15) is 4.79 Å². The maximum atomic E-state index is 13.2. The normalized spacial score (nSPS) is 19.1. The average Bonchev–Trinajstić information content (AvgIpc) is 3.23. The van der Waals surface area contributed by atoms with Crippen LogP contribution in [0.5, 0.6) is 0 Å². The second-order valence-electron chi connectivity index (χ2n) is 9.44. The number of hydrogen-bond acceptors (Lipinski definition) is 3. The van der Waals surface area contributed by atoms with Gasteiger partial charge in [-0.3, -0.25) is 9.78 Å². The molecule has 4 aromatic rings. The molecule has 1 aliphatic carbocycles. The summed E-state index contributed by atoms with van der Waals surface area (Å²) in [5.74, 6) is 0.0238. The number of hydrogen-bond donors (Lipinski definition) is 2. The number of para-hydroxylation sites is 1. The van der Waals surface area contributed by atoms with Gasteiger partial charge in [-0.05, 0) is 54.5 Å². The Bertz CT molecular complexity index is 1230. The number of nitrogens with two attached hydrogens (primary N) is 1. The fourth-order valence-electron chi connectivity index (χ4n) is 5.19. The average molecular weight is 453 g/mol. The number of carbonyl (C=O) groups is 1. The monoisotopic (exact) mass is 452 g/mol. The quantitative estimate of drug-likeness (QED) is 0.415. The minimum atomic E-state index is -0.0681. The van der Waals surface area contributed by atoms with Crippen molar-refractivity contribution in [1.29, 1.82) is 0 Å². The molecule has 0 radical (unpaired) electrons. The van der Waals surface area contributed by atoms with Gasteiger partial charge in [0.05, 0.1) is 0 Å². The van der Waals surface area contributed by atoms with E-state index in [1.165, 1.54) is 22.0 Å². The predicted octanol–water partition coefficient (Wildman–Crippen LogP) is 4.99. The third-order valence-electron chi connectivity index (χ3n) is 7.00. The Hall–Kier alpha value is -3.44. The van der Waals surface area contributed by atoms with Gasteiger partial charge in [0.15, 0.2) is 0 Å². The fourth-order valence-corrected chi connectivity index (χ4v) is 5.19. The van der Waals surface area contributed by atoms with Gasteiger partial charge >= 0.3 is 0 Å². The van der Waals surface area contributed by atoms with E-state index < -0.39 is 0 Å². The summed E-state index contributed by atoms with van der Waals surface area (Å²) in [4.78, 5) is 17.6. The molecule has 2 aromatic heterocycles. The van der Waals surface area contributed by atoms with E-state index in [4.69, 9.17) is 5.73 Å². The first-order chi connectivity index (χ1) is 16.7. The minimum Gasteiger partial charge on any atom is -0.353 e. The van der Waals surface area contributed by atoms with Crippen LogP contribution in [0.25, 0.3) is 10.9 Å². The molecule has 34 heavy (non-hydrogen) atoms. The van der Waals surface area contributed by atoms with E-state index in [0.717, 1.165) is 37.8 Å². The van der Waals surface area contributed by atoms with Crippen LogP contribution in [-0.4, -0.2) is 27.5 Å². The van der Waals surface area contributed by atoms with E-state index in [1.807, 2.05) is 18.3 Å². The van der Waals surface area contributed by atoms with Crippen LogP contribution in [0.3, 0.4) is 0 Å². The Balaban J connectivity index is 1.47. The molecule has 1 aliphatic rings. The standard InChI is InChI=1S/C29H32N4O/c30-23-12-14-24(15-13-23)32-29(34)17-26(22-9-6-16-31-18-22)27-20-33(19-21-7-2-1-3-8-21)28-11-5-4-10-25(27)28/h1-11,16,18,20,23-24,26H,12-15,17,19,30H2,(H,32,34)/t23-,24-,26?. The number of fused-ring (bicyclic) bond motifs is 1. The zero-order valence-electron chi connectivity index (χ0n) is 19.4. The third kappa shape index (κ3) is 5.05. The molecule has 3 N–H and O–H groups in total. The van der Waals surface area contributed by atoms with Crippen LogP contribution in [0.2, 0.25) is 0 Å². The van der Waals surface area contributed by atoms with Gasteiger partial charge in [0.2, 0.25) is 5.91 Å². The highest BCUT2D eigenvalue weighted by Crippen LogP contribution is 2.35. The van der Waals surface area contributed by atoms with Crippen molar-refractivity contribution in [3.63, 3.8) is 0 Å². The Morgan fingerprint density at radius 2 is 1.76 bits per heavy atom. The molecule has 2 aromatic carbocycles. The van der Waals surface area contributed by atoms with Gasteiger partial charge in [-0.25, -0.2) is 0 Å². The molecular formula is C29H32N4O. The molecule has 5 nitrogen and oxygen atoms in total. The highest BCUT2D eigenvalue weighted by molar-refractivity contribution is 5.86. The second kappa shape index (κ2) is 10.2. The summed E-state index contributed by atoms with van der Waals surface area (Å²) in [6.45, 7) is 0.787. The molecule has 0 aliphatic heterocycles. The summed E-state index contributed by atoms with van der Waals surface area (Å²) < 4.78 is 2.30. The Morgan fingerprint density at radius 3 is 2.53 bits per heavy atom. The molecule has 5 heteroatoms. The van der Waals surface area contributed by atoms with Crippen LogP contribution in [0.15, 0.2) is 85.3 Å². The SMILES string of the molecule is N[C@H]1CC[C@H](NC(=O)CC(c2cccnc2)c2cn(Cc3ccccc3)c3ccccc23)CC1. The molecule has 2 heterocycles. The van der Waals surface area contributed by atoms with Gasteiger partial charge < -0.3 is 15.6 Å². The molecule has 1 atom stereocenters. The molecule has 1 saturated carbocycles. The lowest BCUT2D eigenvalue weighted by molar-refractivity contribution is -0.122. The molecule has 1 amide bonds. The largest absolute Gasteiger partial charge is 0.353 e. The highest BCUT2D eigenvalue weighted by Gasteiger charge is 2.25. The number of amides is 1. The maximum Gasteiger partial charge on any atom is 0.221 e. The molecule has 0 bridgehead atoms. The number of aromatic nitrogens is 2. The molecule has 1 unspecified atom stereocenters. The molecule has 5 rings (SSSR count). The fraction of sp³-hybridized carbons (Fsp3) is 0.310. The number of carbonyl (C=O) groups excluding carboxylic acids is 1. The Kier molecular flexibility index (Phi) is 6.72. The van der Waals surface area contributed by atoms with Crippen LogP contribution in [-0.2, 0) is 11.3 Å². The first-order valence-electron chi connectivity index (χ1n) is 12.2. The highest BCUT2D eigenvalue weighted by atomic mass is 16.1. The maximum absolute atomic E-state index is 13.2. The topological polar surface area (TPSA) is 72.9 Å². The number of nitrogens with zero attached hydrogens (tertiary/aromatic N) is 2. The minimum absolute atomic E-state index is 0.0681. The van der Waals surface area contributed by atoms with Crippen LogP contribution >= 0.6 is 0 Å². The summed E-state index contributed by atoms with van der Waals surface area (Å²) in [6.07, 6.45) is 10.2. The van der Waals surface area contributed by atoms with Crippen molar-refractivity contribution in [1.82, 2.24) is 14.9 Å². The van der Waals surface area contributed by atoms with Crippen molar-refractivity contribution in [2.75, 3.05) is 0 Å². The van der Waals surface area contributed by atoms with Crippen LogP contribution in [0, 0.1) is 0 Å². The summed E-state index contributed by atoms with van der Waals surface area (Å²) in [5, 5.41) is 4.47. The van der Waals surface area contributed by atoms with E-state index in [-0.39, 0.29) is 23.9 Å². The van der Waals surface area contributed by atoms with Crippen molar-refractivity contribution in [2.45, 2.75) is 56.7 Å². The molecule has 1 fully saturated rings. The van der Waals surface area contributed by atoms with E-state index in [1.54, 1.807) is 6.20 Å². The summed E-state index contributed by atoms with van der Waals surface area (Å²) in [7, 11) is 0. The Labute approximate surface area is 201 Å². The van der Waals surface area contributed by atoms with Gasteiger partial charge in [0.1, 0.15) is 0 Å². The Morgan fingerprint density at radius 1 is 1.00 bits per heavy atom. The van der Waals surface area contributed by atoms with Gasteiger partial charge in [-0.2, -0.15) is 0 Å². The van der Waals surface area contributed by atoms with Gasteiger partial charge in [0.25, 0.3) is 0 Å². The predicted molar refractivity (Wildman–Crippen MR) is 137 cm³/mol. The number of nitrogens with one attached hydrogen (secondary N) is 1. The summed E-state index contributed by atoms with van der Waals surface area (Å²) >= 11 is 0. The van der Waals surface area contributed by atoms with E-state index in [0.29, 0.717) is 6.42 Å². The molecule has 0 spiro atoms. The van der Waals surface area contributed by atoms with E-state index >= 15 is 0 Å². The van der Waals surface area contributed by atoms with Crippen LogP contribution in [0.1, 0.15) is 54.7 Å². The second-order valence-corrected chi connectivity index (χ2v) is 9.44. The number of benzene rings is 2.